The fraction of sp³-hybridized carbons (Fsp3) is 0.143. The number of anilines is 1. The number of aryl methyl sites for hydroxylation is 1. The average Bonchev–Trinajstić information content (AvgIpc) is 3.02. The van der Waals surface area contributed by atoms with Crippen molar-refractivity contribution in [2.75, 3.05) is 5.32 Å². The molecule has 1 unspecified atom stereocenters. The summed E-state index contributed by atoms with van der Waals surface area (Å²) in [6.07, 6.45) is 0. The number of nitriles is 1. The predicted octanol–water partition coefficient (Wildman–Crippen LogP) is 4.84. The van der Waals surface area contributed by atoms with E-state index in [9.17, 15) is 5.26 Å². The van der Waals surface area contributed by atoms with Gasteiger partial charge in [-0.1, -0.05) is 42.5 Å². The molecular weight excluding hydrogens is 308 g/mol. The van der Waals surface area contributed by atoms with E-state index in [4.69, 9.17) is 0 Å². The number of imidazole rings is 1. The van der Waals surface area contributed by atoms with Gasteiger partial charge in [0.25, 0.3) is 0 Å². The van der Waals surface area contributed by atoms with Crippen LogP contribution in [0.2, 0.25) is 0 Å². The molecule has 4 rings (SSSR count). The third-order valence-corrected chi connectivity index (χ3v) is 4.55. The minimum Gasteiger partial charge on any atom is -0.365 e. The molecule has 4 nitrogen and oxygen atoms in total. The van der Waals surface area contributed by atoms with Crippen molar-refractivity contribution in [1.82, 2.24) is 9.38 Å². The number of nitrogens with one attached hydrogen (secondary N) is 1. The maximum atomic E-state index is 9.57. The Hall–Kier alpha value is -3.32. The quantitative estimate of drug-likeness (QED) is 0.586. The summed E-state index contributed by atoms with van der Waals surface area (Å²) in [5.74, 6) is 0.941. The molecule has 122 valence electrons. The highest BCUT2D eigenvalue weighted by Gasteiger charge is 2.16. The van der Waals surface area contributed by atoms with E-state index in [1.165, 1.54) is 5.56 Å². The van der Waals surface area contributed by atoms with Crippen molar-refractivity contribution >= 4 is 22.5 Å². The zero-order chi connectivity index (χ0) is 17.4. The molecule has 4 heteroatoms. The number of benzene rings is 2. The number of para-hydroxylation sites is 2. The first-order valence-electron chi connectivity index (χ1n) is 8.31. The molecule has 0 amide bonds. The van der Waals surface area contributed by atoms with E-state index in [0.29, 0.717) is 11.2 Å². The van der Waals surface area contributed by atoms with Crippen LogP contribution < -0.4 is 5.32 Å². The Morgan fingerprint density at radius 1 is 1.08 bits per heavy atom. The first-order chi connectivity index (χ1) is 12.2. The SMILES string of the molecule is Cc1cc(NC(C)c2ccccc2)n2c(nc3ccccc32)c1C#N. The Bertz CT molecular complexity index is 1100. The standard InChI is InChI=1S/C21H18N4/c1-14-12-20(23-15(2)16-8-4-3-5-9-16)25-19-11-7-6-10-18(19)24-21(25)17(14)13-22/h3-12,15,23H,1-2H3. The van der Waals surface area contributed by atoms with Crippen LogP contribution in [0.3, 0.4) is 0 Å². The van der Waals surface area contributed by atoms with Crippen molar-refractivity contribution in [3.05, 3.63) is 77.4 Å². The van der Waals surface area contributed by atoms with Crippen molar-refractivity contribution in [2.24, 2.45) is 0 Å². The summed E-state index contributed by atoms with van der Waals surface area (Å²) in [5, 5.41) is 13.2. The summed E-state index contributed by atoms with van der Waals surface area (Å²) >= 11 is 0. The molecule has 4 aromatic rings. The maximum Gasteiger partial charge on any atom is 0.157 e. The Labute approximate surface area is 146 Å². The number of hydrogen-bond acceptors (Lipinski definition) is 3. The second kappa shape index (κ2) is 5.95. The lowest BCUT2D eigenvalue weighted by Crippen LogP contribution is -2.10. The second-order valence-electron chi connectivity index (χ2n) is 6.24. The van der Waals surface area contributed by atoms with Crippen LogP contribution in [-0.4, -0.2) is 9.38 Å². The van der Waals surface area contributed by atoms with E-state index in [-0.39, 0.29) is 6.04 Å². The Morgan fingerprint density at radius 3 is 2.56 bits per heavy atom. The monoisotopic (exact) mass is 326 g/mol. The van der Waals surface area contributed by atoms with Crippen molar-refractivity contribution in [2.45, 2.75) is 19.9 Å². The van der Waals surface area contributed by atoms with Crippen LogP contribution >= 0.6 is 0 Å². The molecular formula is C21H18N4. The van der Waals surface area contributed by atoms with E-state index in [1.807, 2.05) is 59.9 Å². The van der Waals surface area contributed by atoms with Gasteiger partial charge in [-0.2, -0.15) is 5.26 Å². The topological polar surface area (TPSA) is 53.1 Å². The molecule has 2 aromatic carbocycles. The van der Waals surface area contributed by atoms with E-state index < -0.39 is 0 Å². The Kier molecular flexibility index (Phi) is 3.62. The zero-order valence-corrected chi connectivity index (χ0v) is 14.2. The molecule has 2 aromatic heterocycles. The van der Waals surface area contributed by atoms with Gasteiger partial charge in [0.1, 0.15) is 11.9 Å². The highest BCUT2D eigenvalue weighted by atomic mass is 15.1. The van der Waals surface area contributed by atoms with Gasteiger partial charge in [-0.25, -0.2) is 4.98 Å². The van der Waals surface area contributed by atoms with Gasteiger partial charge in [0, 0.05) is 6.04 Å². The number of rotatable bonds is 3. The molecule has 0 radical (unpaired) electrons. The van der Waals surface area contributed by atoms with Crippen LogP contribution in [0.4, 0.5) is 5.82 Å². The van der Waals surface area contributed by atoms with E-state index in [0.717, 1.165) is 22.4 Å². The van der Waals surface area contributed by atoms with Crippen LogP contribution in [-0.2, 0) is 0 Å². The molecule has 2 heterocycles. The fourth-order valence-electron chi connectivity index (χ4n) is 3.25. The largest absolute Gasteiger partial charge is 0.365 e. The van der Waals surface area contributed by atoms with Crippen molar-refractivity contribution in [3.8, 4) is 6.07 Å². The zero-order valence-electron chi connectivity index (χ0n) is 14.2. The number of fused-ring (bicyclic) bond motifs is 3. The molecule has 0 saturated heterocycles. The van der Waals surface area contributed by atoms with E-state index in [2.05, 4.69) is 35.4 Å². The summed E-state index contributed by atoms with van der Waals surface area (Å²) in [4.78, 5) is 4.69. The Morgan fingerprint density at radius 2 is 1.80 bits per heavy atom. The number of nitrogens with zero attached hydrogens (tertiary/aromatic N) is 3. The number of pyridine rings is 1. The molecule has 1 N–H and O–H groups in total. The number of hydrogen-bond donors (Lipinski definition) is 1. The lowest BCUT2D eigenvalue weighted by atomic mass is 10.1. The normalized spacial score (nSPS) is 12.2. The summed E-state index contributed by atoms with van der Waals surface area (Å²) in [5.41, 5.74) is 5.34. The van der Waals surface area contributed by atoms with Crippen molar-refractivity contribution in [3.63, 3.8) is 0 Å². The van der Waals surface area contributed by atoms with Crippen LogP contribution in [0.1, 0.15) is 29.7 Å². The van der Waals surface area contributed by atoms with Gasteiger partial charge in [0.05, 0.1) is 16.6 Å². The summed E-state index contributed by atoms with van der Waals surface area (Å²) in [6.45, 7) is 4.09. The molecule has 0 aliphatic carbocycles. The van der Waals surface area contributed by atoms with Gasteiger partial charge in [-0.15, -0.1) is 0 Å². The van der Waals surface area contributed by atoms with Crippen LogP contribution in [0.5, 0.6) is 0 Å². The van der Waals surface area contributed by atoms with Crippen molar-refractivity contribution < 1.29 is 0 Å². The van der Waals surface area contributed by atoms with Gasteiger partial charge in [0.2, 0.25) is 0 Å². The summed E-state index contributed by atoms with van der Waals surface area (Å²) in [6, 6.07) is 22.7. The molecule has 25 heavy (non-hydrogen) atoms. The van der Waals surface area contributed by atoms with E-state index in [1.54, 1.807) is 0 Å². The number of aromatic nitrogens is 2. The van der Waals surface area contributed by atoms with Crippen molar-refractivity contribution in [1.29, 1.82) is 5.26 Å². The molecule has 0 bridgehead atoms. The highest BCUT2D eigenvalue weighted by Crippen LogP contribution is 2.28. The molecule has 0 aliphatic rings. The minimum absolute atomic E-state index is 0.137. The van der Waals surface area contributed by atoms with Crippen LogP contribution in [0, 0.1) is 18.3 Å². The molecule has 0 saturated carbocycles. The molecule has 0 fully saturated rings. The Balaban J connectivity index is 1.93. The van der Waals surface area contributed by atoms with Gasteiger partial charge in [0.15, 0.2) is 5.65 Å². The minimum atomic E-state index is 0.137. The third-order valence-electron chi connectivity index (χ3n) is 4.55. The maximum absolute atomic E-state index is 9.57. The predicted molar refractivity (Wildman–Crippen MR) is 101 cm³/mol. The van der Waals surface area contributed by atoms with Gasteiger partial charge < -0.3 is 5.32 Å². The lowest BCUT2D eigenvalue weighted by Gasteiger charge is -2.18. The smallest absolute Gasteiger partial charge is 0.157 e. The summed E-state index contributed by atoms with van der Waals surface area (Å²) < 4.78 is 2.04. The lowest BCUT2D eigenvalue weighted by molar-refractivity contribution is 0.870. The van der Waals surface area contributed by atoms with Crippen LogP contribution in [0.15, 0.2) is 60.7 Å². The van der Waals surface area contributed by atoms with E-state index >= 15 is 0 Å². The summed E-state index contributed by atoms with van der Waals surface area (Å²) in [7, 11) is 0. The first kappa shape index (κ1) is 15.2. The molecule has 0 spiro atoms. The van der Waals surface area contributed by atoms with Gasteiger partial charge >= 0.3 is 0 Å². The highest BCUT2D eigenvalue weighted by molar-refractivity contribution is 5.85. The first-order valence-corrected chi connectivity index (χ1v) is 8.31. The van der Waals surface area contributed by atoms with Gasteiger partial charge in [-0.3, -0.25) is 4.40 Å². The molecule has 0 aliphatic heterocycles. The fourth-order valence-corrected chi connectivity index (χ4v) is 3.25. The average molecular weight is 326 g/mol. The second-order valence-corrected chi connectivity index (χ2v) is 6.24. The van der Waals surface area contributed by atoms with Gasteiger partial charge in [-0.05, 0) is 43.2 Å². The molecule has 1 atom stereocenters. The third kappa shape index (κ3) is 2.50. The van der Waals surface area contributed by atoms with Crippen LogP contribution in [0.25, 0.3) is 16.7 Å².